The summed E-state index contributed by atoms with van der Waals surface area (Å²) in [6.45, 7) is 9.10. The van der Waals surface area contributed by atoms with Crippen molar-refractivity contribution < 1.29 is 4.55 Å². The zero-order valence-electron chi connectivity index (χ0n) is 18.0. The van der Waals surface area contributed by atoms with Crippen molar-refractivity contribution >= 4 is 33.6 Å². The fourth-order valence-electron chi connectivity index (χ4n) is 4.44. The summed E-state index contributed by atoms with van der Waals surface area (Å²) >= 11 is -0.678. The van der Waals surface area contributed by atoms with Crippen LogP contribution in [0.2, 0.25) is 0 Å². The van der Waals surface area contributed by atoms with Gasteiger partial charge in [0.15, 0.2) is 0 Å². The first-order valence-corrected chi connectivity index (χ1v) is 12.6. The van der Waals surface area contributed by atoms with E-state index in [1.54, 1.807) is 0 Å². The summed E-state index contributed by atoms with van der Waals surface area (Å²) in [7, 11) is 0. The summed E-state index contributed by atoms with van der Waals surface area (Å²) in [4.78, 5) is 17.0. The van der Waals surface area contributed by atoms with Gasteiger partial charge in [-0.05, 0) is 30.1 Å². The normalized spacial score (nSPS) is 18.6. The second-order valence-corrected chi connectivity index (χ2v) is 9.91. The van der Waals surface area contributed by atoms with Crippen LogP contribution >= 0.6 is 0 Å². The number of nitrogens with zero attached hydrogens (tertiary/aromatic N) is 5. The maximum atomic E-state index is 11.6. The summed E-state index contributed by atoms with van der Waals surface area (Å²) in [6, 6.07) is 14.9. The van der Waals surface area contributed by atoms with E-state index >= 15 is 0 Å². The molecule has 3 aromatic rings. The quantitative estimate of drug-likeness (QED) is 0.587. The van der Waals surface area contributed by atoms with Crippen LogP contribution in [0.5, 0.6) is 0 Å². The van der Waals surface area contributed by atoms with Gasteiger partial charge in [0, 0.05) is 43.3 Å². The lowest BCUT2D eigenvalue weighted by atomic mass is 10.1. The Hall–Kier alpha value is -2.35. The van der Waals surface area contributed by atoms with E-state index in [-0.39, 0.29) is 0 Å². The molecule has 2 saturated heterocycles. The molecule has 162 valence electrons. The van der Waals surface area contributed by atoms with E-state index < -0.39 is 11.2 Å². The van der Waals surface area contributed by atoms with Gasteiger partial charge < -0.3 is 19.3 Å². The first-order valence-electron chi connectivity index (χ1n) is 11.1. The fraction of sp³-hybridized carbons (Fsp3) is 0.417. The fourth-order valence-corrected chi connectivity index (χ4v) is 5.49. The van der Waals surface area contributed by atoms with Crippen molar-refractivity contribution in [1.29, 1.82) is 0 Å². The Morgan fingerprint density at radius 1 is 0.935 bits per heavy atom. The van der Waals surface area contributed by atoms with Crippen LogP contribution in [0.15, 0.2) is 48.7 Å². The van der Waals surface area contributed by atoms with Gasteiger partial charge in [-0.3, -0.25) is 0 Å². The molecule has 1 aromatic carbocycles. The van der Waals surface area contributed by atoms with Gasteiger partial charge in [-0.15, -0.1) is 0 Å². The topological polar surface area (TPSA) is 58.6 Å². The third-order valence-corrected chi connectivity index (χ3v) is 7.66. The first-order chi connectivity index (χ1) is 15.2. The van der Waals surface area contributed by atoms with Crippen LogP contribution < -0.4 is 9.80 Å². The molecular weight excluding hydrogens is 406 g/mol. The second-order valence-electron chi connectivity index (χ2n) is 8.21. The molecule has 0 aliphatic carbocycles. The highest BCUT2D eigenvalue weighted by atomic mass is 32.2. The van der Waals surface area contributed by atoms with Crippen molar-refractivity contribution in [2.75, 3.05) is 67.1 Å². The van der Waals surface area contributed by atoms with Gasteiger partial charge >= 0.3 is 0 Å². The molecule has 0 amide bonds. The lowest BCUT2D eigenvalue weighted by molar-refractivity contribution is 0.271. The molecule has 2 aromatic heterocycles. The Morgan fingerprint density at radius 2 is 1.71 bits per heavy atom. The predicted molar refractivity (Wildman–Crippen MR) is 129 cm³/mol. The Kier molecular flexibility index (Phi) is 5.98. The van der Waals surface area contributed by atoms with Crippen LogP contribution in [-0.2, 0) is 11.2 Å². The maximum absolute atomic E-state index is 11.6. The number of aromatic nitrogens is 2. The van der Waals surface area contributed by atoms with Gasteiger partial charge in [0.25, 0.3) is 0 Å². The van der Waals surface area contributed by atoms with E-state index in [0.717, 1.165) is 80.2 Å². The van der Waals surface area contributed by atoms with Crippen LogP contribution in [0, 0.1) is 0 Å². The molecule has 0 spiro atoms. The number of anilines is 2. The maximum Gasteiger partial charge on any atom is 0.137 e. The summed E-state index contributed by atoms with van der Waals surface area (Å²) < 4.78 is 11.6. The van der Waals surface area contributed by atoms with E-state index in [1.807, 2.05) is 6.20 Å². The number of piperazine rings is 1. The number of rotatable bonds is 4. The number of hydrogen-bond donors (Lipinski definition) is 0. The Labute approximate surface area is 187 Å². The van der Waals surface area contributed by atoms with Gasteiger partial charge in [0.05, 0.1) is 18.8 Å². The van der Waals surface area contributed by atoms with E-state index in [9.17, 15) is 4.55 Å². The van der Waals surface area contributed by atoms with E-state index in [0.29, 0.717) is 0 Å². The Bertz CT molecular complexity index is 1030. The minimum atomic E-state index is -0.678. The molecule has 0 N–H and O–H groups in total. The van der Waals surface area contributed by atoms with Crippen LogP contribution in [-0.4, -0.2) is 76.7 Å². The van der Waals surface area contributed by atoms with E-state index in [2.05, 4.69) is 64.1 Å². The first kappa shape index (κ1) is 20.5. The standard InChI is InChI=1S/C24H29N5OS/c1-2-27-9-11-29(12-10-27)24-21-6-4-3-5-19(21)17-22(26-24)20-7-8-23(25-18-20)28-13-15-31(30)16-14-28/h3-8,17-18H,2,9-16H2,1H3. The van der Waals surface area contributed by atoms with Gasteiger partial charge in [0.2, 0.25) is 0 Å². The van der Waals surface area contributed by atoms with Gasteiger partial charge in [0.1, 0.15) is 23.1 Å². The molecule has 2 aliphatic heterocycles. The lowest BCUT2D eigenvalue weighted by Crippen LogP contribution is -2.46. The SMILES string of the molecule is CCN1CCN(c2nc(-c3ccc(N4CC[S+]([O-])CC4)nc3)cc3ccccc23)CC1. The highest BCUT2D eigenvalue weighted by molar-refractivity contribution is 7.91. The highest BCUT2D eigenvalue weighted by Gasteiger charge is 2.22. The summed E-state index contributed by atoms with van der Waals surface area (Å²) in [6.07, 6.45) is 1.93. The highest BCUT2D eigenvalue weighted by Crippen LogP contribution is 2.31. The average molecular weight is 436 g/mol. The largest absolute Gasteiger partial charge is 0.616 e. The number of likely N-dealkylation sites (N-methyl/N-ethyl adjacent to an activating group) is 1. The van der Waals surface area contributed by atoms with Crippen molar-refractivity contribution in [3.8, 4) is 11.3 Å². The summed E-state index contributed by atoms with van der Waals surface area (Å²) in [5.41, 5.74) is 1.99. The number of hydrogen-bond acceptors (Lipinski definition) is 6. The van der Waals surface area contributed by atoms with Crippen LogP contribution in [0.25, 0.3) is 22.0 Å². The van der Waals surface area contributed by atoms with Crippen molar-refractivity contribution in [1.82, 2.24) is 14.9 Å². The minimum Gasteiger partial charge on any atom is -0.616 e. The predicted octanol–water partition coefficient (Wildman–Crippen LogP) is 3.01. The van der Waals surface area contributed by atoms with Crippen molar-refractivity contribution in [3.63, 3.8) is 0 Å². The van der Waals surface area contributed by atoms with Crippen LogP contribution in [0.3, 0.4) is 0 Å². The second kappa shape index (κ2) is 9.02. The molecule has 0 atom stereocenters. The number of pyridine rings is 2. The molecule has 2 fully saturated rings. The zero-order valence-corrected chi connectivity index (χ0v) is 18.9. The van der Waals surface area contributed by atoms with Crippen molar-refractivity contribution in [2.24, 2.45) is 0 Å². The molecule has 7 heteroatoms. The van der Waals surface area contributed by atoms with E-state index in [4.69, 9.17) is 9.97 Å². The average Bonchev–Trinajstić information content (AvgIpc) is 2.84. The zero-order chi connectivity index (χ0) is 21.2. The minimum absolute atomic E-state index is 0.678. The van der Waals surface area contributed by atoms with Gasteiger partial charge in [-0.1, -0.05) is 42.4 Å². The van der Waals surface area contributed by atoms with E-state index in [1.165, 1.54) is 10.8 Å². The third-order valence-electron chi connectivity index (χ3n) is 6.38. The number of fused-ring (bicyclic) bond motifs is 1. The molecule has 0 unspecified atom stereocenters. The van der Waals surface area contributed by atoms with Gasteiger partial charge in [-0.2, -0.15) is 0 Å². The molecule has 4 heterocycles. The molecular formula is C24H29N5OS. The van der Waals surface area contributed by atoms with Crippen molar-refractivity contribution in [2.45, 2.75) is 6.92 Å². The molecule has 0 saturated carbocycles. The summed E-state index contributed by atoms with van der Waals surface area (Å²) in [5.74, 6) is 3.48. The lowest BCUT2D eigenvalue weighted by Gasteiger charge is -2.35. The van der Waals surface area contributed by atoms with Crippen molar-refractivity contribution in [3.05, 3.63) is 48.7 Å². The summed E-state index contributed by atoms with van der Waals surface area (Å²) in [5, 5.41) is 2.42. The molecule has 2 aliphatic rings. The molecule has 6 nitrogen and oxygen atoms in total. The molecule has 5 rings (SSSR count). The van der Waals surface area contributed by atoms with Gasteiger partial charge in [-0.25, -0.2) is 9.97 Å². The number of benzene rings is 1. The molecule has 31 heavy (non-hydrogen) atoms. The van der Waals surface area contributed by atoms with Crippen LogP contribution in [0.1, 0.15) is 6.92 Å². The van der Waals surface area contributed by atoms with Crippen LogP contribution in [0.4, 0.5) is 11.6 Å². The third kappa shape index (κ3) is 4.35. The Balaban J connectivity index is 1.45. The molecule has 0 bridgehead atoms. The smallest absolute Gasteiger partial charge is 0.137 e. The molecule has 0 radical (unpaired) electrons. The monoisotopic (exact) mass is 435 g/mol. The Morgan fingerprint density at radius 3 is 2.42 bits per heavy atom.